The SMILES string of the molecule is CCCCn1c(=O)c(C(=O)N/N=C\c2cccc(Cl)c2)c(O)c2ccccc21. The van der Waals surface area contributed by atoms with Crippen molar-refractivity contribution in [2.45, 2.75) is 26.3 Å². The first-order valence-electron chi connectivity index (χ1n) is 8.96. The molecule has 6 nitrogen and oxygen atoms in total. The number of pyridine rings is 1. The van der Waals surface area contributed by atoms with Crippen LogP contribution in [0, 0.1) is 0 Å². The molecule has 0 saturated carbocycles. The highest BCUT2D eigenvalue weighted by Crippen LogP contribution is 2.26. The van der Waals surface area contributed by atoms with Crippen LogP contribution in [0.5, 0.6) is 5.75 Å². The molecule has 3 rings (SSSR count). The monoisotopic (exact) mass is 397 g/mol. The van der Waals surface area contributed by atoms with Crippen molar-refractivity contribution >= 4 is 34.6 Å². The summed E-state index contributed by atoms with van der Waals surface area (Å²) in [7, 11) is 0. The van der Waals surface area contributed by atoms with Crippen LogP contribution in [-0.4, -0.2) is 21.8 Å². The van der Waals surface area contributed by atoms with Crippen LogP contribution >= 0.6 is 11.6 Å². The third kappa shape index (κ3) is 4.07. The molecule has 1 amide bonds. The average molecular weight is 398 g/mol. The van der Waals surface area contributed by atoms with E-state index in [2.05, 4.69) is 10.5 Å². The van der Waals surface area contributed by atoms with Gasteiger partial charge in [0, 0.05) is 17.0 Å². The first kappa shape index (κ1) is 19.6. The number of aryl methyl sites for hydroxylation is 1. The summed E-state index contributed by atoms with van der Waals surface area (Å²) in [5.74, 6) is -1.11. The molecule has 0 unspecified atom stereocenters. The normalized spacial score (nSPS) is 11.2. The summed E-state index contributed by atoms with van der Waals surface area (Å²) >= 11 is 5.91. The zero-order chi connectivity index (χ0) is 20.1. The van der Waals surface area contributed by atoms with Gasteiger partial charge in [-0.15, -0.1) is 0 Å². The molecular weight excluding hydrogens is 378 g/mol. The molecule has 2 N–H and O–H groups in total. The number of aromatic nitrogens is 1. The molecule has 0 aliphatic carbocycles. The van der Waals surface area contributed by atoms with E-state index < -0.39 is 11.5 Å². The highest BCUT2D eigenvalue weighted by molar-refractivity contribution is 6.30. The van der Waals surface area contributed by atoms with Crippen molar-refractivity contribution in [1.82, 2.24) is 9.99 Å². The van der Waals surface area contributed by atoms with Crippen LogP contribution in [0.3, 0.4) is 0 Å². The van der Waals surface area contributed by atoms with E-state index in [0.717, 1.165) is 12.8 Å². The number of halogens is 1. The summed E-state index contributed by atoms with van der Waals surface area (Å²) in [5, 5.41) is 15.4. The number of nitrogens with one attached hydrogen (secondary N) is 1. The highest BCUT2D eigenvalue weighted by Gasteiger charge is 2.21. The van der Waals surface area contributed by atoms with Gasteiger partial charge < -0.3 is 9.67 Å². The van der Waals surface area contributed by atoms with Crippen LogP contribution in [0.1, 0.15) is 35.7 Å². The van der Waals surface area contributed by atoms with Crippen LogP contribution in [0.25, 0.3) is 10.9 Å². The molecule has 3 aromatic rings. The Hall–Kier alpha value is -3.12. The highest BCUT2D eigenvalue weighted by atomic mass is 35.5. The number of nitrogens with zero attached hydrogens (tertiary/aromatic N) is 2. The lowest BCUT2D eigenvalue weighted by atomic mass is 10.1. The summed E-state index contributed by atoms with van der Waals surface area (Å²) < 4.78 is 1.52. The van der Waals surface area contributed by atoms with Crippen LogP contribution in [0.15, 0.2) is 58.4 Å². The number of benzene rings is 2. The number of hydrogen-bond acceptors (Lipinski definition) is 4. The topological polar surface area (TPSA) is 83.7 Å². The molecule has 0 aliphatic heterocycles. The Labute approximate surface area is 167 Å². The fraction of sp³-hybridized carbons (Fsp3) is 0.190. The molecule has 0 atom stereocenters. The number of carbonyl (C=O) groups is 1. The predicted octanol–water partition coefficient (Wildman–Crippen LogP) is 3.92. The molecule has 1 heterocycles. The van der Waals surface area contributed by atoms with Gasteiger partial charge in [0.25, 0.3) is 11.5 Å². The van der Waals surface area contributed by atoms with Gasteiger partial charge >= 0.3 is 0 Å². The van der Waals surface area contributed by atoms with E-state index in [1.54, 1.807) is 48.5 Å². The van der Waals surface area contributed by atoms with Crippen molar-refractivity contribution in [1.29, 1.82) is 0 Å². The zero-order valence-electron chi connectivity index (χ0n) is 15.4. The number of hydrazone groups is 1. The maximum Gasteiger partial charge on any atom is 0.280 e. The lowest BCUT2D eigenvalue weighted by molar-refractivity contribution is 0.0950. The average Bonchev–Trinajstić information content (AvgIpc) is 2.68. The maximum atomic E-state index is 12.9. The van der Waals surface area contributed by atoms with Gasteiger partial charge in [0.15, 0.2) is 0 Å². The second-order valence-electron chi connectivity index (χ2n) is 6.31. The minimum atomic E-state index is -0.767. The Bertz CT molecular complexity index is 1110. The van der Waals surface area contributed by atoms with E-state index in [9.17, 15) is 14.7 Å². The fourth-order valence-corrected chi connectivity index (χ4v) is 3.14. The van der Waals surface area contributed by atoms with Crippen molar-refractivity contribution in [2.24, 2.45) is 5.10 Å². The lowest BCUT2D eigenvalue weighted by Gasteiger charge is -2.14. The Balaban J connectivity index is 1.97. The van der Waals surface area contributed by atoms with E-state index in [4.69, 9.17) is 11.6 Å². The van der Waals surface area contributed by atoms with Crippen LogP contribution in [-0.2, 0) is 6.54 Å². The van der Waals surface area contributed by atoms with Gasteiger partial charge in [0.1, 0.15) is 11.3 Å². The van der Waals surface area contributed by atoms with Gasteiger partial charge in [-0.05, 0) is 36.2 Å². The molecule has 0 aliphatic rings. The fourth-order valence-electron chi connectivity index (χ4n) is 2.94. The van der Waals surface area contributed by atoms with Gasteiger partial charge in [0.05, 0.1) is 11.7 Å². The molecule has 2 aromatic carbocycles. The summed E-state index contributed by atoms with van der Waals surface area (Å²) in [6, 6.07) is 13.9. The number of rotatable bonds is 6. The molecule has 0 spiro atoms. The molecule has 0 radical (unpaired) electrons. The van der Waals surface area contributed by atoms with E-state index in [-0.39, 0.29) is 11.3 Å². The van der Waals surface area contributed by atoms with Gasteiger partial charge in [0.2, 0.25) is 0 Å². The van der Waals surface area contributed by atoms with Crippen LogP contribution in [0.2, 0.25) is 5.02 Å². The minimum Gasteiger partial charge on any atom is -0.506 e. The van der Waals surface area contributed by atoms with Crippen LogP contribution < -0.4 is 11.0 Å². The van der Waals surface area contributed by atoms with Crippen molar-refractivity contribution in [2.75, 3.05) is 0 Å². The smallest absolute Gasteiger partial charge is 0.280 e. The summed E-state index contributed by atoms with van der Waals surface area (Å²) in [5.41, 5.74) is 2.73. The Morgan fingerprint density at radius 2 is 2.04 bits per heavy atom. The summed E-state index contributed by atoms with van der Waals surface area (Å²) in [6.07, 6.45) is 3.09. The number of hydrogen-bond donors (Lipinski definition) is 2. The number of aromatic hydroxyl groups is 1. The van der Waals surface area contributed by atoms with Crippen molar-refractivity contribution in [3.63, 3.8) is 0 Å². The Morgan fingerprint density at radius 3 is 2.79 bits per heavy atom. The number of fused-ring (bicyclic) bond motifs is 1. The number of carbonyl (C=O) groups excluding carboxylic acids is 1. The predicted molar refractivity (Wildman–Crippen MR) is 111 cm³/mol. The zero-order valence-corrected chi connectivity index (χ0v) is 16.1. The van der Waals surface area contributed by atoms with Crippen molar-refractivity contribution < 1.29 is 9.90 Å². The molecule has 0 saturated heterocycles. The Morgan fingerprint density at radius 1 is 1.25 bits per heavy atom. The lowest BCUT2D eigenvalue weighted by Crippen LogP contribution is -2.31. The second-order valence-corrected chi connectivity index (χ2v) is 6.74. The summed E-state index contributed by atoms with van der Waals surface area (Å²) in [6.45, 7) is 2.48. The maximum absolute atomic E-state index is 12.9. The molecule has 28 heavy (non-hydrogen) atoms. The first-order valence-corrected chi connectivity index (χ1v) is 9.34. The number of amides is 1. The Kier molecular flexibility index (Phi) is 6.11. The van der Waals surface area contributed by atoms with Crippen LogP contribution in [0.4, 0.5) is 0 Å². The third-order valence-corrected chi connectivity index (χ3v) is 4.57. The number of para-hydroxylation sites is 1. The molecule has 0 bridgehead atoms. The quantitative estimate of drug-likeness (QED) is 0.488. The first-order chi connectivity index (χ1) is 13.5. The van der Waals surface area contributed by atoms with E-state index >= 15 is 0 Å². The van der Waals surface area contributed by atoms with Crippen molar-refractivity contribution in [3.8, 4) is 5.75 Å². The summed E-state index contributed by atoms with van der Waals surface area (Å²) in [4.78, 5) is 25.5. The van der Waals surface area contributed by atoms with Gasteiger partial charge in [-0.3, -0.25) is 9.59 Å². The molecule has 144 valence electrons. The minimum absolute atomic E-state index is 0.321. The van der Waals surface area contributed by atoms with E-state index in [0.29, 0.717) is 28.0 Å². The van der Waals surface area contributed by atoms with E-state index in [1.165, 1.54) is 10.8 Å². The second kappa shape index (κ2) is 8.71. The third-order valence-electron chi connectivity index (χ3n) is 4.34. The van der Waals surface area contributed by atoms with Gasteiger partial charge in [-0.1, -0.05) is 49.2 Å². The van der Waals surface area contributed by atoms with Crippen molar-refractivity contribution in [3.05, 3.63) is 75.0 Å². The molecule has 1 aromatic heterocycles. The van der Waals surface area contributed by atoms with Gasteiger partial charge in [-0.25, -0.2) is 5.43 Å². The van der Waals surface area contributed by atoms with E-state index in [1.807, 2.05) is 6.92 Å². The standard InChI is InChI=1S/C21H20ClN3O3/c1-2-3-11-25-17-10-5-4-9-16(17)19(26)18(21(25)28)20(27)24-23-13-14-7-6-8-15(22)12-14/h4-10,12-13,26H,2-3,11H2,1H3,(H,24,27)/b23-13-. The molecule has 0 fully saturated rings. The molecular formula is C21H20ClN3O3. The number of unbranched alkanes of at least 4 members (excludes halogenated alkanes) is 1. The largest absolute Gasteiger partial charge is 0.506 e. The molecule has 7 heteroatoms. The van der Waals surface area contributed by atoms with Gasteiger partial charge in [-0.2, -0.15) is 5.10 Å².